The summed E-state index contributed by atoms with van der Waals surface area (Å²) in [5.41, 5.74) is -1.10. The van der Waals surface area contributed by atoms with Gasteiger partial charge in [-0.05, 0) is 13.0 Å². The van der Waals surface area contributed by atoms with Gasteiger partial charge < -0.3 is 5.11 Å². The standard InChI is InChI=1S/C12H11N3O6S2/c1-7(11-13-2-3-22-11)14-23(20,21)10-5-8(12(16)17)4-9(6-10)15(18)19/h2-7,14H,1H3,(H,16,17)/t7-/m1/s1. The fraction of sp³-hybridized carbons (Fsp3) is 0.167. The van der Waals surface area contributed by atoms with Gasteiger partial charge in [0.25, 0.3) is 5.69 Å². The molecule has 1 aromatic heterocycles. The number of aromatic nitrogens is 1. The summed E-state index contributed by atoms with van der Waals surface area (Å²) in [6.07, 6.45) is 1.51. The van der Waals surface area contributed by atoms with Crippen LogP contribution in [0.1, 0.15) is 28.3 Å². The van der Waals surface area contributed by atoms with Crippen molar-refractivity contribution in [2.45, 2.75) is 17.9 Å². The number of carboxylic acids is 1. The summed E-state index contributed by atoms with van der Waals surface area (Å²) in [6, 6.07) is 1.81. The van der Waals surface area contributed by atoms with Crippen LogP contribution in [-0.4, -0.2) is 29.4 Å². The minimum Gasteiger partial charge on any atom is -0.478 e. The first kappa shape index (κ1) is 17.0. The Kier molecular flexibility index (Phi) is 4.73. The molecular weight excluding hydrogens is 346 g/mol. The molecule has 2 rings (SSSR count). The van der Waals surface area contributed by atoms with Gasteiger partial charge in [-0.25, -0.2) is 22.9 Å². The van der Waals surface area contributed by atoms with Gasteiger partial charge >= 0.3 is 5.97 Å². The maximum atomic E-state index is 12.3. The topological polar surface area (TPSA) is 140 Å². The summed E-state index contributed by atoms with van der Waals surface area (Å²) in [7, 11) is -4.15. The molecule has 0 unspecified atom stereocenters. The highest BCUT2D eigenvalue weighted by molar-refractivity contribution is 7.89. The van der Waals surface area contributed by atoms with Crippen molar-refractivity contribution >= 4 is 33.0 Å². The third-order valence-corrected chi connectivity index (χ3v) is 5.29. The highest BCUT2D eigenvalue weighted by Gasteiger charge is 2.24. The van der Waals surface area contributed by atoms with E-state index >= 15 is 0 Å². The van der Waals surface area contributed by atoms with Crippen molar-refractivity contribution in [3.05, 3.63) is 50.5 Å². The Hall–Kier alpha value is -2.37. The number of sulfonamides is 1. The molecule has 0 aliphatic heterocycles. The van der Waals surface area contributed by atoms with Crippen LogP contribution in [-0.2, 0) is 10.0 Å². The first-order chi connectivity index (χ1) is 10.7. The number of benzene rings is 1. The Morgan fingerprint density at radius 2 is 2.13 bits per heavy atom. The number of rotatable bonds is 6. The molecule has 0 aliphatic rings. The van der Waals surface area contributed by atoms with Crippen molar-refractivity contribution in [2.24, 2.45) is 0 Å². The quantitative estimate of drug-likeness (QED) is 0.593. The van der Waals surface area contributed by atoms with E-state index in [1.54, 1.807) is 12.3 Å². The molecule has 2 N–H and O–H groups in total. The van der Waals surface area contributed by atoms with Crippen molar-refractivity contribution < 1.29 is 23.2 Å². The second kappa shape index (κ2) is 6.40. The summed E-state index contributed by atoms with van der Waals surface area (Å²) in [6.45, 7) is 1.56. The molecule has 11 heteroatoms. The van der Waals surface area contributed by atoms with E-state index in [2.05, 4.69) is 9.71 Å². The predicted octanol–water partition coefficient (Wildman–Crippen LogP) is 1.79. The number of nitro benzene ring substituents is 1. The van der Waals surface area contributed by atoms with Gasteiger partial charge in [0.05, 0.1) is 21.4 Å². The van der Waals surface area contributed by atoms with Crippen LogP contribution in [0.5, 0.6) is 0 Å². The van der Waals surface area contributed by atoms with Gasteiger partial charge in [0.15, 0.2) is 0 Å². The number of nitrogens with zero attached hydrogens (tertiary/aromatic N) is 2. The van der Waals surface area contributed by atoms with Gasteiger partial charge in [-0.1, -0.05) is 0 Å². The molecule has 0 saturated carbocycles. The number of hydrogen-bond donors (Lipinski definition) is 2. The molecule has 0 radical (unpaired) electrons. The van der Waals surface area contributed by atoms with Gasteiger partial charge in [0, 0.05) is 23.7 Å². The fourth-order valence-corrected chi connectivity index (χ4v) is 3.76. The molecule has 0 spiro atoms. The van der Waals surface area contributed by atoms with Gasteiger partial charge in [0.1, 0.15) is 5.01 Å². The second-order valence-electron chi connectivity index (χ2n) is 4.49. The van der Waals surface area contributed by atoms with E-state index in [4.69, 9.17) is 5.11 Å². The lowest BCUT2D eigenvalue weighted by molar-refractivity contribution is -0.385. The molecule has 1 atom stereocenters. The maximum Gasteiger partial charge on any atom is 0.335 e. The lowest BCUT2D eigenvalue weighted by Gasteiger charge is -2.12. The van der Waals surface area contributed by atoms with E-state index in [-0.39, 0.29) is 0 Å². The number of aromatic carboxylic acids is 1. The van der Waals surface area contributed by atoms with E-state index in [1.807, 2.05) is 0 Å². The van der Waals surface area contributed by atoms with Gasteiger partial charge in [0.2, 0.25) is 10.0 Å². The highest BCUT2D eigenvalue weighted by atomic mass is 32.2. The molecule has 2 aromatic rings. The fourth-order valence-electron chi connectivity index (χ4n) is 1.77. The Morgan fingerprint density at radius 3 is 2.65 bits per heavy atom. The first-order valence-corrected chi connectivity index (χ1v) is 8.51. The third kappa shape index (κ3) is 3.88. The summed E-state index contributed by atoms with van der Waals surface area (Å²) in [5.74, 6) is -1.46. The van der Waals surface area contributed by atoms with Crippen molar-refractivity contribution in [3.8, 4) is 0 Å². The molecule has 0 aliphatic carbocycles. The molecular formula is C12H11N3O6S2. The molecule has 9 nitrogen and oxygen atoms in total. The van der Waals surface area contributed by atoms with Crippen molar-refractivity contribution in [1.82, 2.24) is 9.71 Å². The zero-order valence-corrected chi connectivity index (χ0v) is 13.3. The van der Waals surface area contributed by atoms with Crippen molar-refractivity contribution in [2.75, 3.05) is 0 Å². The number of nitrogens with one attached hydrogen (secondary N) is 1. The van der Waals surface area contributed by atoms with E-state index < -0.39 is 43.1 Å². The van der Waals surface area contributed by atoms with E-state index in [0.717, 1.165) is 18.2 Å². The Balaban J connectivity index is 2.42. The monoisotopic (exact) mass is 357 g/mol. The molecule has 0 saturated heterocycles. The number of nitro groups is 1. The highest BCUT2D eigenvalue weighted by Crippen LogP contribution is 2.23. The average molecular weight is 357 g/mol. The number of thiazole rings is 1. The number of hydrogen-bond acceptors (Lipinski definition) is 7. The first-order valence-electron chi connectivity index (χ1n) is 6.15. The maximum absolute atomic E-state index is 12.3. The van der Waals surface area contributed by atoms with Gasteiger partial charge in [-0.2, -0.15) is 0 Å². The predicted molar refractivity (Wildman–Crippen MR) is 80.9 cm³/mol. The van der Waals surface area contributed by atoms with E-state index in [9.17, 15) is 23.3 Å². The summed E-state index contributed by atoms with van der Waals surface area (Å²) < 4.78 is 27.0. The molecule has 0 fully saturated rings. The minimum atomic E-state index is -4.15. The average Bonchev–Trinajstić information content (AvgIpc) is 3.00. The van der Waals surface area contributed by atoms with Crippen LogP contribution in [0.3, 0.4) is 0 Å². The lowest BCUT2D eigenvalue weighted by Crippen LogP contribution is -2.27. The summed E-state index contributed by atoms with van der Waals surface area (Å²) in [5, 5.41) is 22.0. The van der Waals surface area contributed by atoms with Crippen molar-refractivity contribution in [1.29, 1.82) is 0 Å². The normalized spacial score (nSPS) is 12.7. The van der Waals surface area contributed by atoms with E-state index in [0.29, 0.717) is 5.01 Å². The SMILES string of the molecule is C[C@@H](NS(=O)(=O)c1cc(C(=O)O)cc([N+](=O)[O-])c1)c1nccs1. The van der Waals surface area contributed by atoms with Crippen molar-refractivity contribution in [3.63, 3.8) is 0 Å². The van der Waals surface area contributed by atoms with Gasteiger partial charge in [-0.3, -0.25) is 10.1 Å². The van der Waals surface area contributed by atoms with Crippen LogP contribution in [0.25, 0.3) is 0 Å². The number of carboxylic acid groups (broad SMARTS) is 1. The zero-order chi connectivity index (χ0) is 17.2. The molecule has 0 amide bonds. The number of non-ortho nitro benzene ring substituents is 1. The molecule has 0 bridgehead atoms. The molecule has 122 valence electrons. The van der Waals surface area contributed by atoms with Crippen LogP contribution < -0.4 is 4.72 Å². The Morgan fingerprint density at radius 1 is 1.43 bits per heavy atom. The van der Waals surface area contributed by atoms with Crippen LogP contribution in [0.15, 0.2) is 34.7 Å². The van der Waals surface area contributed by atoms with E-state index in [1.165, 1.54) is 17.5 Å². The molecule has 1 heterocycles. The zero-order valence-electron chi connectivity index (χ0n) is 11.7. The Bertz CT molecular complexity index is 815. The minimum absolute atomic E-state index is 0.485. The second-order valence-corrected chi connectivity index (χ2v) is 7.13. The smallest absolute Gasteiger partial charge is 0.335 e. The van der Waals surface area contributed by atoms with Crippen LogP contribution in [0.4, 0.5) is 5.69 Å². The van der Waals surface area contributed by atoms with Crippen LogP contribution in [0, 0.1) is 10.1 Å². The summed E-state index contributed by atoms with van der Waals surface area (Å²) in [4.78, 5) is 24.5. The van der Waals surface area contributed by atoms with Gasteiger partial charge in [-0.15, -0.1) is 11.3 Å². The third-order valence-electron chi connectivity index (χ3n) is 2.81. The lowest BCUT2D eigenvalue weighted by atomic mass is 10.2. The molecule has 1 aromatic carbocycles. The largest absolute Gasteiger partial charge is 0.478 e. The summed E-state index contributed by atoms with van der Waals surface area (Å²) >= 11 is 1.24. The number of carbonyl (C=O) groups is 1. The van der Waals surface area contributed by atoms with Crippen LogP contribution >= 0.6 is 11.3 Å². The Labute approximate surface area is 134 Å². The molecule has 23 heavy (non-hydrogen) atoms. The van der Waals surface area contributed by atoms with Crippen LogP contribution in [0.2, 0.25) is 0 Å².